The average Bonchev–Trinajstić information content (AvgIpc) is 2.49. The first-order valence-electron chi connectivity index (χ1n) is 7.02. The van der Waals surface area contributed by atoms with Crippen LogP contribution in [0, 0.1) is 11.2 Å². The molecule has 0 aliphatic heterocycles. The Morgan fingerprint density at radius 3 is 2.17 bits per heavy atom. The molecule has 0 saturated carbocycles. The summed E-state index contributed by atoms with van der Waals surface area (Å²) in [6.07, 6.45) is 0. The van der Waals surface area contributed by atoms with Crippen LogP contribution in [0.2, 0.25) is 0 Å². The maximum Gasteiger partial charge on any atom is 0.290 e. The lowest BCUT2D eigenvalue weighted by atomic mass is 9.94. The summed E-state index contributed by atoms with van der Waals surface area (Å²) >= 11 is 0. The van der Waals surface area contributed by atoms with Crippen molar-refractivity contribution in [3.05, 3.63) is 23.5 Å². The molecular weight excluding hydrogens is 305 g/mol. The monoisotopic (exact) mass is 331 g/mol. The van der Waals surface area contributed by atoms with Crippen molar-refractivity contribution in [1.29, 1.82) is 0 Å². The van der Waals surface area contributed by atoms with Gasteiger partial charge in [-0.3, -0.25) is 4.79 Å². The van der Waals surface area contributed by atoms with Crippen molar-refractivity contribution in [2.24, 2.45) is 5.41 Å². The van der Waals surface area contributed by atoms with Crippen molar-refractivity contribution >= 4 is 6.47 Å². The number of carboxylic acid groups (broad SMARTS) is 1. The molecule has 1 rings (SSSR count). The second kappa shape index (κ2) is 10.0. The maximum atomic E-state index is 14.0. The van der Waals surface area contributed by atoms with Crippen LogP contribution >= 0.6 is 0 Å². The zero-order valence-electron chi connectivity index (χ0n) is 14.3. The van der Waals surface area contributed by atoms with E-state index in [-0.39, 0.29) is 24.3 Å². The van der Waals surface area contributed by atoms with Gasteiger partial charge in [0.15, 0.2) is 11.5 Å². The molecule has 1 aromatic carbocycles. The van der Waals surface area contributed by atoms with E-state index in [0.717, 1.165) is 0 Å². The summed E-state index contributed by atoms with van der Waals surface area (Å²) in [6, 6.07) is 2.98. The number of ether oxygens (including phenoxy) is 2. The van der Waals surface area contributed by atoms with E-state index in [1.165, 1.54) is 20.3 Å². The number of hydrogen-bond acceptors (Lipinski definition) is 5. The van der Waals surface area contributed by atoms with E-state index in [1.54, 1.807) is 6.07 Å². The average molecular weight is 331 g/mol. The highest BCUT2D eigenvalue weighted by atomic mass is 19.1. The summed E-state index contributed by atoms with van der Waals surface area (Å²) in [5.41, 5.74) is 0.320. The largest absolute Gasteiger partial charge is 0.493 e. The molecular formula is C16H26FNO5. The Kier molecular flexibility index (Phi) is 9.21. The smallest absolute Gasteiger partial charge is 0.290 e. The van der Waals surface area contributed by atoms with Gasteiger partial charge >= 0.3 is 0 Å². The summed E-state index contributed by atoms with van der Waals surface area (Å²) in [5, 5.41) is 16.2. The minimum Gasteiger partial charge on any atom is -0.493 e. The highest BCUT2D eigenvalue weighted by molar-refractivity contribution is 5.43. The van der Waals surface area contributed by atoms with Gasteiger partial charge in [0.25, 0.3) is 6.47 Å². The fourth-order valence-corrected chi connectivity index (χ4v) is 2.14. The van der Waals surface area contributed by atoms with Crippen molar-refractivity contribution in [1.82, 2.24) is 4.90 Å². The molecule has 132 valence electrons. The van der Waals surface area contributed by atoms with Gasteiger partial charge in [0.1, 0.15) is 5.82 Å². The number of benzene rings is 1. The van der Waals surface area contributed by atoms with Crippen LogP contribution in [0.25, 0.3) is 0 Å². The van der Waals surface area contributed by atoms with Gasteiger partial charge in [-0.1, -0.05) is 13.8 Å². The number of aliphatic hydroxyl groups excluding tert-OH is 1. The van der Waals surface area contributed by atoms with E-state index >= 15 is 0 Å². The van der Waals surface area contributed by atoms with Gasteiger partial charge in [0, 0.05) is 36.7 Å². The Morgan fingerprint density at radius 2 is 1.74 bits per heavy atom. The molecule has 0 bridgehead atoms. The Balaban J connectivity index is 0.00000149. The van der Waals surface area contributed by atoms with Crippen molar-refractivity contribution in [3.63, 3.8) is 0 Å². The van der Waals surface area contributed by atoms with Gasteiger partial charge in [0.2, 0.25) is 0 Å². The third-order valence-corrected chi connectivity index (χ3v) is 3.12. The second-order valence-electron chi connectivity index (χ2n) is 5.90. The van der Waals surface area contributed by atoms with E-state index in [9.17, 15) is 9.50 Å². The van der Waals surface area contributed by atoms with Crippen LogP contribution in [-0.2, 0) is 11.3 Å². The molecule has 0 fully saturated rings. The highest BCUT2D eigenvalue weighted by Gasteiger charge is 2.20. The van der Waals surface area contributed by atoms with Gasteiger partial charge in [0.05, 0.1) is 14.2 Å². The first-order valence-corrected chi connectivity index (χ1v) is 7.02. The van der Waals surface area contributed by atoms with Crippen LogP contribution in [-0.4, -0.2) is 56.0 Å². The summed E-state index contributed by atoms with van der Waals surface area (Å²) in [4.78, 5) is 10.3. The first-order chi connectivity index (χ1) is 10.7. The summed E-state index contributed by atoms with van der Waals surface area (Å²) in [7, 11) is 4.90. The molecule has 2 N–H and O–H groups in total. The topological polar surface area (TPSA) is 79.2 Å². The molecule has 0 spiro atoms. The summed E-state index contributed by atoms with van der Waals surface area (Å²) < 4.78 is 24.3. The van der Waals surface area contributed by atoms with Crippen LogP contribution in [0.4, 0.5) is 4.39 Å². The number of carbonyl (C=O) groups is 1. The fraction of sp³-hybridized carbons (Fsp3) is 0.562. The Bertz CT molecular complexity index is 494. The zero-order chi connectivity index (χ0) is 18.0. The molecule has 0 aromatic heterocycles. The lowest BCUT2D eigenvalue weighted by Crippen LogP contribution is -2.33. The van der Waals surface area contributed by atoms with Crippen molar-refractivity contribution < 1.29 is 28.9 Å². The van der Waals surface area contributed by atoms with Crippen molar-refractivity contribution in [2.75, 3.05) is 34.4 Å². The molecule has 7 heteroatoms. The molecule has 6 nitrogen and oxygen atoms in total. The molecule has 0 saturated heterocycles. The molecule has 0 atom stereocenters. The second-order valence-corrected chi connectivity index (χ2v) is 5.90. The Labute approximate surface area is 136 Å². The number of aliphatic hydroxyl groups is 1. The van der Waals surface area contributed by atoms with Gasteiger partial charge in [-0.05, 0) is 13.1 Å². The summed E-state index contributed by atoms with van der Waals surface area (Å²) in [5.74, 6) is 0.571. The quantitative estimate of drug-likeness (QED) is 0.744. The van der Waals surface area contributed by atoms with Crippen molar-refractivity contribution in [2.45, 2.75) is 20.4 Å². The van der Waals surface area contributed by atoms with Crippen LogP contribution in [0.15, 0.2) is 12.1 Å². The van der Waals surface area contributed by atoms with Crippen molar-refractivity contribution in [3.8, 4) is 11.5 Å². The number of halogens is 1. The van der Waals surface area contributed by atoms with E-state index in [4.69, 9.17) is 19.4 Å². The van der Waals surface area contributed by atoms with Gasteiger partial charge in [-0.15, -0.1) is 0 Å². The van der Waals surface area contributed by atoms with E-state index in [2.05, 4.69) is 0 Å². The standard InChI is InChI=1S/C15H24FNO3.CH2O2/c1-15(2,10-18)9-17(3)8-11-6-13(19-4)14(20-5)7-12(11)16;2-1-3/h6-7,18H,8-10H2,1-5H3;1H,(H,2,3). The molecule has 0 radical (unpaired) electrons. The molecule has 1 aromatic rings. The maximum absolute atomic E-state index is 14.0. The predicted octanol–water partition coefficient (Wildman–Crippen LogP) is 1.99. The van der Waals surface area contributed by atoms with Crippen LogP contribution in [0.3, 0.4) is 0 Å². The van der Waals surface area contributed by atoms with E-state index in [1.807, 2.05) is 25.8 Å². The normalized spacial score (nSPS) is 10.8. The Hall–Kier alpha value is -1.86. The van der Waals surface area contributed by atoms with Crippen LogP contribution in [0.1, 0.15) is 19.4 Å². The van der Waals surface area contributed by atoms with Gasteiger partial charge in [-0.2, -0.15) is 0 Å². The van der Waals surface area contributed by atoms with Gasteiger partial charge < -0.3 is 24.6 Å². The molecule has 0 amide bonds. The minimum absolute atomic E-state index is 0.0890. The molecule has 0 aliphatic rings. The number of rotatable bonds is 7. The molecule has 0 heterocycles. The van der Waals surface area contributed by atoms with E-state index in [0.29, 0.717) is 30.2 Å². The van der Waals surface area contributed by atoms with Crippen LogP contribution in [0.5, 0.6) is 11.5 Å². The lowest BCUT2D eigenvalue weighted by molar-refractivity contribution is -0.122. The highest BCUT2D eigenvalue weighted by Crippen LogP contribution is 2.30. The molecule has 0 aliphatic carbocycles. The summed E-state index contributed by atoms with van der Waals surface area (Å²) in [6.45, 7) is 4.88. The third-order valence-electron chi connectivity index (χ3n) is 3.12. The zero-order valence-corrected chi connectivity index (χ0v) is 14.3. The molecule has 23 heavy (non-hydrogen) atoms. The predicted molar refractivity (Wildman–Crippen MR) is 85.4 cm³/mol. The number of nitrogens with zero attached hydrogens (tertiary/aromatic N) is 1. The number of methoxy groups -OCH3 is 2. The fourth-order valence-electron chi connectivity index (χ4n) is 2.14. The first kappa shape index (κ1) is 21.1. The van der Waals surface area contributed by atoms with E-state index < -0.39 is 0 Å². The third kappa shape index (κ3) is 7.30. The van der Waals surface area contributed by atoms with Crippen LogP contribution < -0.4 is 9.47 Å². The van der Waals surface area contributed by atoms with Gasteiger partial charge in [-0.25, -0.2) is 4.39 Å². The minimum atomic E-state index is -0.323. The Morgan fingerprint density at radius 1 is 1.26 bits per heavy atom. The lowest BCUT2D eigenvalue weighted by Gasteiger charge is -2.28. The number of hydrogen-bond donors (Lipinski definition) is 2. The molecule has 0 unspecified atom stereocenters. The SMILES string of the molecule is COc1cc(F)c(CN(C)CC(C)(C)CO)cc1OC.O=CO.